The van der Waals surface area contributed by atoms with Gasteiger partial charge in [-0.3, -0.25) is 4.90 Å². The highest BCUT2D eigenvalue weighted by atomic mass is 19.1. The Kier molecular flexibility index (Phi) is 6.17. The Bertz CT molecular complexity index is 1440. The molecule has 0 bridgehead atoms. The average molecular weight is 514 g/mol. The summed E-state index contributed by atoms with van der Waals surface area (Å²) in [6.07, 6.45) is 5.02. The smallest absolute Gasteiger partial charge is 0.154 e. The average Bonchev–Trinajstić information content (AvgIpc) is 3.73. The van der Waals surface area contributed by atoms with Gasteiger partial charge in [0.2, 0.25) is 0 Å². The summed E-state index contributed by atoms with van der Waals surface area (Å²) in [7, 11) is 0. The number of halogens is 1. The van der Waals surface area contributed by atoms with Crippen LogP contribution in [0.25, 0.3) is 17.0 Å². The monoisotopic (exact) mass is 513 g/mol. The third kappa shape index (κ3) is 4.39. The molecule has 196 valence electrons. The van der Waals surface area contributed by atoms with Crippen LogP contribution in [0.2, 0.25) is 0 Å². The molecule has 0 spiro atoms. The summed E-state index contributed by atoms with van der Waals surface area (Å²) in [5.74, 6) is 1.66. The van der Waals surface area contributed by atoms with Crippen LogP contribution in [0.1, 0.15) is 30.9 Å². The number of ether oxygens (including phenoxy) is 1. The van der Waals surface area contributed by atoms with Crippen LogP contribution in [0.4, 0.5) is 16.0 Å². The molecule has 2 unspecified atom stereocenters. The van der Waals surface area contributed by atoms with E-state index in [9.17, 15) is 4.39 Å². The quantitative estimate of drug-likeness (QED) is 0.397. The lowest BCUT2D eigenvalue weighted by atomic mass is 10.0. The molecule has 3 aliphatic rings. The van der Waals surface area contributed by atoms with Crippen molar-refractivity contribution in [3.63, 3.8) is 0 Å². The van der Waals surface area contributed by atoms with Crippen LogP contribution in [-0.4, -0.2) is 76.5 Å². The van der Waals surface area contributed by atoms with Crippen molar-refractivity contribution < 1.29 is 9.13 Å². The molecule has 1 aromatic carbocycles. The summed E-state index contributed by atoms with van der Waals surface area (Å²) in [6, 6.07) is 17.8. The maximum Gasteiger partial charge on any atom is 0.154 e. The van der Waals surface area contributed by atoms with Crippen LogP contribution < -0.4 is 9.80 Å². The summed E-state index contributed by atoms with van der Waals surface area (Å²) in [6.45, 7) is 6.56. The predicted octanol–water partition coefficient (Wildman–Crippen LogP) is 4.18. The molecule has 0 amide bonds. The van der Waals surface area contributed by atoms with E-state index in [1.54, 1.807) is 12.1 Å². The molecule has 8 nitrogen and oxygen atoms in total. The number of nitrogens with zero attached hydrogens (tertiary/aromatic N) is 7. The molecule has 2 atom stereocenters. The van der Waals surface area contributed by atoms with E-state index in [-0.39, 0.29) is 11.9 Å². The van der Waals surface area contributed by atoms with E-state index in [0.717, 1.165) is 99.4 Å². The second kappa shape index (κ2) is 9.96. The summed E-state index contributed by atoms with van der Waals surface area (Å²) < 4.78 is 21.4. The number of morpholine rings is 1. The van der Waals surface area contributed by atoms with Gasteiger partial charge in [0, 0.05) is 38.8 Å². The SMILES string of the molecule is Fc1cccc(C2CCCN2c2ccc3ncc(-c4cccc(N5CCC(N6CCOCC6)C5)n4)n3n2)c1. The molecule has 7 rings (SSSR count). The van der Waals surface area contributed by atoms with Crippen LogP contribution in [0, 0.1) is 5.82 Å². The number of pyridine rings is 1. The van der Waals surface area contributed by atoms with Gasteiger partial charge in [0.15, 0.2) is 5.65 Å². The number of hydrogen-bond donors (Lipinski definition) is 0. The Morgan fingerprint density at radius 3 is 2.68 bits per heavy atom. The highest BCUT2D eigenvalue weighted by Crippen LogP contribution is 2.36. The lowest BCUT2D eigenvalue weighted by molar-refractivity contribution is 0.0209. The standard InChI is InChI=1S/C29H32FN7O/c30-22-5-1-4-21(18-22)25-7-3-12-36(25)29-10-9-27-31-19-26(37(27)33-29)24-6-2-8-28(32-24)35-13-11-23(20-35)34-14-16-38-17-15-34/h1-2,4-6,8-10,18-19,23,25H,3,7,11-17,20H2. The Labute approximate surface area is 221 Å². The van der Waals surface area contributed by atoms with Crippen molar-refractivity contribution in [1.82, 2.24) is 24.5 Å². The van der Waals surface area contributed by atoms with Gasteiger partial charge in [0.25, 0.3) is 0 Å². The molecule has 9 heteroatoms. The second-order valence-corrected chi connectivity index (χ2v) is 10.4. The predicted molar refractivity (Wildman–Crippen MR) is 145 cm³/mol. The Hall–Kier alpha value is -3.56. The molecule has 3 fully saturated rings. The fourth-order valence-corrected chi connectivity index (χ4v) is 6.23. The first-order chi connectivity index (χ1) is 18.7. The van der Waals surface area contributed by atoms with Gasteiger partial charge in [-0.15, -0.1) is 5.10 Å². The first-order valence-corrected chi connectivity index (χ1v) is 13.6. The normalized spacial score (nSPS) is 22.6. The first kappa shape index (κ1) is 23.5. The Morgan fingerprint density at radius 1 is 0.895 bits per heavy atom. The Morgan fingerprint density at radius 2 is 1.79 bits per heavy atom. The molecule has 3 aliphatic heterocycles. The highest BCUT2D eigenvalue weighted by Gasteiger charge is 2.30. The first-order valence-electron chi connectivity index (χ1n) is 13.6. The topological polar surface area (TPSA) is 62.0 Å². The molecule has 4 aromatic rings. The van der Waals surface area contributed by atoms with Gasteiger partial charge in [-0.2, -0.15) is 0 Å². The number of fused-ring (bicyclic) bond motifs is 1. The largest absolute Gasteiger partial charge is 0.379 e. The van der Waals surface area contributed by atoms with E-state index >= 15 is 0 Å². The third-order valence-corrected chi connectivity index (χ3v) is 8.18. The summed E-state index contributed by atoms with van der Waals surface area (Å²) in [5.41, 5.74) is 3.50. The minimum absolute atomic E-state index is 0.110. The van der Waals surface area contributed by atoms with Crippen molar-refractivity contribution in [1.29, 1.82) is 0 Å². The zero-order valence-electron chi connectivity index (χ0n) is 21.4. The number of anilines is 2. The maximum atomic E-state index is 14.0. The minimum Gasteiger partial charge on any atom is -0.379 e. The van der Waals surface area contributed by atoms with E-state index in [0.29, 0.717) is 6.04 Å². The highest BCUT2D eigenvalue weighted by molar-refractivity contribution is 5.63. The van der Waals surface area contributed by atoms with E-state index in [2.05, 4.69) is 31.8 Å². The molecule has 3 saturated heterocycles. The van der Waals surface area contributed by atoms with Crippen LogP contribution in [0.3, 0.4) is 0 Å². The second-order valence-electron chi connectivity index (χ2n) is 10.4. The van der Waals surface area contributed by atoms with E-state index in [1.807, 2.05) is 35.0 Å². The van der Waals surface area contributed by atoms with Crippen molar-refractivity contribution in [2.24, 2.45) is 0 Å². The molecule has 0 radical (unpaired) electrons. The van der Waals surface area contributed by atoms with Crippen molar-refractivity contribution in [2.75, 3.05) is 55.7 Å². The Balaban J connectivity index is 1.16. The number of benzene rings is 1. The maximum absolute atomic E-state index is 14.0. The van der Waals surface area contributed by atoms with E-state index < -0.39 is 0 Å². The number of hydrogen-bond acceptors (Lipinski definition) is 7. The van der Waals surface area contributed by atoms with Gasteiger partial charge in [-0.25, -0.2) is 18.9 Å². The number of aromatic nitrogens is 4. The lowest BCUT2D eigenvalue weighted by Gasteiger charge is -2.32. The molecule has 0 saturated carbocycles. The van der Waals surface area contributed by atoms with Gasteiger partial charge in [-0.05, 0) is 61.2 Å². The fourth-order valence-electron chi connectivity index (χ4n) is 6.23. The zero-order chi connectivity index (χ0) is 25.5. The van der Waals surface area contributed by atoms with Gasteiger partial charge >= 0.3 is 0 Å². The zero-order valence-corrected chi connectivity index (χ0v) is 21.4. The van der Waals surface area contributed by atoms with Gasteiger partial charge in [0.05, 0.1) is 31.1 Å². The summed E-state index contributed by atoms with van der Waals surface area (Å²) in [5, 5.41) is 5.01. The van der Waals surface area contributed by atoms with Crippen LogP contribution >= 0.6 is 0 Å². The van der Waals surface area contributed by atoms with Crippen molar-refractivity contribution >= 4 is 17.3 Å². The molecule has 38 heavy (non-hydrogen) atoms. The molecule has 3 aromatic heterocycles. The van der Waals surface area contributed by atoms with Gasteiger partial charge in [-0.1, -0.05) is 18.2 Å². The fraction of sp³-hybridized carbons (Fsp3) is 0.414. The molecule has 0 aliphatic carbocycles. The van der Waals surface area contributed by atoms with Crippen molar-refractivity contribution in [2.45, 2.75) is 31.3 Å². The molecular weight excluding hydrogens is 481 g/mol. The van der Waals surface area contributed by atoms with Crippen LogP contribution in [0.5, 0.6) is 0 Å². The summed E-state index contributed by atoms with van der Waals surface area (Å²) in [4.78, 5) is 16.9. The van der Waals surface area contributed by atoms with E-state index in [4.69, 9.17) is 14.8 Å². The number of imidazole rings is 1. The van der Waals surface area contributed by atoms with Gasteiger partial charge in [0.1, 0.15) is 23.1 Å². The van der Waals surface area contributed by atoms with Crippen molar-refractivity contribution in [3.05, 3.63) is 72.2 Å². The van der Waals surface area contributed by atoms with Crippen LogP contribution in [-0.2, 0) is 4.74 Å². The van der Waals surface area contributed by atoms with Crippen LogP contribution in [0.15, 0.2) is 60.8 Å². The molecular formula is C29H32FN7O. The van der Waals surface area contributed by atoms with Crippen molar-refractivity contribution in [3.8, 4) is 11.4 Å². The summed E-state index contributed by atoms with van der Waals surface area (Å²) >= 11 is 0. The van der Waals surface area contributed by atoms with E-state index in [1.165, 1.54) is 6.07 Å². The molecule has 6 heterocycles. The number of rotatable bonds is 5. The molecule has 0 N–H and O–H groups in total. The third-order valence-electron chi connectivity index (χ3n) is 8.18. The lowest BCUT2D eigenvalue weighted by Crippen LogP contribution is -2.44. The van der Waals surface area contributed by atoms with Gasteiger partial charge < -0.3 is 14.5 Å². The minimum atomic E-state index is -0.199.